The van der Waals surface area contributed by atoms with Gasteiger partial charge in [0.05, 0.1) is 16.5 Å². The molecule has 1 aromatic carbocycles. The van der Waals surface area contributed by atoms with Crippen LogP contribution in [0.15, 0.2) is 24.3 Å². The number of aldehydes is 1. The average Bonchev–Trinajstić information content (AvgIpc) is 2.58. The van der Waals surface area contributed by atoms with Crippen molar-refractivity contribution in [1.82, 2.24) is 0 Å². The zero-order valence-electron chi connectivity index (χ0n) is 6.65. The summed E-state index contributed by atoms with van der Waals surface area (Å²) in [6, 6.07) is 9.28. The molecule has 0 aliphatic rings. The molecule has 0 saturated carbocycles. The van der Waals surface area contributed by atoms with E-state index in [9.17, 15) is 4.79 Å². The second-order valence-electron chi connectivity index (χ2n) is 2.63. The molecule has 13 heavy (non-hydrogen) atoms. The van der Waals surface area contributed by atoms with Crippen molar-refractivity contribution >= 4 is 27.7 Å². The minimum atomic E-state index is 0.628. The number of benzene rings is 1. The first-order valence-corrected chi connectivity index (χ1v) is 4.54. The van der Waals surface area contributed by atoms with Gasteiger partial charge in [0, 0.05) is 4.70 Å². The van der Waals surface area contributed by atoms with E-state index in [1.165, 1.54) is 11.3 Å². The van der Waals surface area contributed by atoms with Gasteiger partial charge in [0.2, 0.25) is 0 Å². The van der Waals surface area contributed by atoms with Crippen molar-refractivity contribution in [3.8, 4) is 6.07 Å². The Kier molecular flexibility index (Phi) is 1.84. The molecule has 0 atom stereocenters. The molecule has 1 aromatic heterocycles. The maximum atomic E-state index is 10.5. The van der Waals surface area contributed by atoms with Crippen molar-refractivity contribution in [2.24, 2.45) is 0 Å². The Morgan fingerprint density at radius 3 is 2.92 bits per heavy atom. The van der Waals surface area contributed by atoms with Crippen LogP contribution in [0.1, 0.15) is 15.2 Å². The molecule has 0 N–H and O–H groups in total. The fourth-order valence-corrected chi connectivity index (χ4v) is 2.05. The summed E-state index contributed by atoms with van der Waals surface area (Å²) in [7, 11) is 0. The molecule has 0 amide bonds. The van der Waals surface area contributed by atoms with Crippen LogP contribution in [0.5, 0.6) is 0 Å². The van der Waals surface area contributed by atoms with E-state index in [-0.39, 0.29) is 0 Å². The second kappa shape index (κ2) is 3.00. The Bertz CT molecular complexity index is 507. The standard InChI is InChI=1S/C10H5NOS/c11-5-7-1-2-10-8(3-7)4-9(6-12)13-10/h1-4,6H. The first kappa shape index (κ1) is 7.96. The summed E-state index contributed by atoms with van der Waals surface area (Å²) in [6.45, 7) is 0. The van der Waals surface area contributed by atoms with Gasteiger partial charge in [-0.15, -0.1) is 11.3 Å². The minimum absolute atomic E-state index is 0.628. The predicted molar refractivity (Wildman–Crippen MR) is 51.9 cm³/mol. The minimum Gasteiger partial charge on any atom is -0.297 e. The smallest absolute Gasteiger partial charge is 0.160 e. The number of fused-ring (bicyclic) bond motifs is 1. The van der Waals surface area contributed by atoms with E-state index in [4.69, 9.17) is 5.26 Å². The van der Waals surface area contributed by atoms with Crippen molar-refractivity contribution in [2.75, 3.05) is 0 Å². The van der Waals surface area contributed by atoms with Crippen molar-refractivity contribution < 1.29 is 4.79 Å². The van der Waals surface area contributed by atoms with Crippen LogP contribution in [0.2, 0.25) is 0 Å². The molecule has 0 unspecified atom stereocenters. The normalized spacial score (nSPS) is 9.77. The molecule has 1 heterocycles. The summed E-state index contributed by atoms with van der Waals surface area (Å²) in [5.41, 5.74) is 0.628. The number of nitriles is 1. The van der Waals surface area contributed by atoms with Gasteiger partial charge in [0.25, 0.3) is 0 Å². The van der Waals surface area contributed by atoms with Crippen LogP contribution in [-0.2, 0) is 0 Å². The molecular formula is C10H5NOS. The van der Waals surface area contributed by atoms with Crippen molar-refractivity contribution in [3.63, 3.8) is 0 Å². The Morgan fingerprint density at radius 2 is 2.23 bits per heavy atom. The van der Waals surface area contributed by atoms with E-state index in [0.717, 1.165) is 16.4 Å². The molecule has 0 bridgehead atoms. The van der Waals surface area contributed by atoms with Gasteiger partial charge >= 0.3 is 0 Å². The molecule has 2 aromatic rings. The van der Waals surface area contributed by atoms with Gasteiger partial charge in [0.15, 0.2) is 6.29 Å². The number of thiophene rings is 1. The van der Waals surface area contributed by atoms with E-state index in [1.54, 1.807) is 18.2 Å². The highest BCUT2D eigenvalue weighted by Crippen LogP contribution is 2.25. The van der Waals surface area contributed by atoms with Crippen LogP contribution < -0.4 is 0 Å². The van der Waals surface area contributed by atoms with Crippen LogP contribution in [0, 0.1) is 11.3 Å². The van der Waals surface area contributed by atoms with E-state index < -0.39 is 0 Å². The largest absolute Gasteiger partial charge is 0.297 e. The van der Waals surface area contributed by atoms with Crippen molar-refractivity contribution in [2.45, 2.75) is 0 Å². The molecule has 0 spiro atoms. The molecule has 0 radical (unpaired) electrons. The Morgan fingerprint density at radius 1 is 1.38 bits per heavy atom. The second-order valence-corrected chi connectivity index (χ2v) is 3.75. The monoisotopic (exact) mass is 187 g/mol. The number of rotatable bonds is 1. The highest BCUT2D eigenvalue weighted by atomic mass is 32.1. The summed E-state index contributed by atoms with van der Waals surface area (Å²) >= 11 is 1.44. The maximum absolute atomic E-state index is 10.5. The molecule has 0 saturated heterocycles. The summed E-state index contributed by atoms with van der Waals surface area (Å²) in [4.78, 5) is 11.2. The zero-order valence-corrected chi connectivity index (χ0v) is 7.47. The van der Waals surface area contributed by atoms with E-state index in [2.05, 4.69) is 6.07 Å². The van der Waals surface area contributed by atoms with Crippen molar-refractivity contribution in [3.05, 3.63) is 34.7 Å². The molecule has 3 heteroatoms. The topological polar surface area (TPSA) is 40.9 Å². The van der Waals surface area contributed by atoms with Gasteiger partial charge in [-0.1, -0.05) is 0 Å². The Hall–Kier alpha value is -1.66. The fraction of sp³-hybridized carbons (Fsp3) is 0. The third kappa shape index (κ3) is 1.32. The number of hydrogen-bond acceptors (Lipinski definition) is 3. The van der Waals surface area contributed by atoms with E-state index >= 15 is 0 Å². The van der Waals surface area contributed by atoms with Gasteiger partial charge in [-0.25, -0.2) is 0 Å². The third-order valence-corrected chi connectivity index (χ3v) is 2.82. The molecular weight excluding hydrogens is 182 g/mol. The van der Waals surface area contributed by atoms with Crippen LogP contribution in [-0.4, -0.2) is 6.29 Å². The van der Waals surface area contributed by atoms with Crippen LogP contribution in [0.4, 0.5) is 0 Å². The van der Waals surface area contributed by atoms with Gasteiger partial charge in [-0.05, 0) is 29.7 Å². The Labute approximate surface area is 79.0 Å². The third-order valence-electron chi connectivity index (χ3n) is 1.78. The molecule has 0 aliphatic carbocycles. The molecule has 62 valence electrons. The van der Waals surface area contributed by atoms with Crippen LogP contribution >= 0.6 is 11.3 Å². The number of carbonyl (C=O) groups excluding carboxylic acids is 1. The first-order chi connectivity index (χ1) is 6.33. The highest BCUT2D eigenvalue weighted by molar-refractivity contribution is 7.20. The van der Waals surface area contributed by atoms with Crippen LogP contribution in [0.3, 0.4) is 0 Å². The SMILES string of the molecule is N#Cc1ccc2sc(C=O)cc2c1. The average molecular weight is 187 g/mol. The van der Waals surface area contributed by atoms with Gasteiger partial charge < -0.3 is 0 Å². The summed E-state index contributed by atoms with van der Waals surface area (Å²) in [6.07, 6.45) is 0.830. The molecule has 0 fully saturated rings. The van der Waals surface area contributed by atoms with Gasteiger partial charge in [-0.2, -0.15) is 5.26 Å². The lowest BCUT2D eigenvalue weighted by Crippen LogP contribution is -1.70. The lowest BCUT2D eigenvalue weighted by molar-refractivity contribution is 0.112. The zero-order chi connectivity index (χ0) is 9.26. The quantitative estimate of drug-likeness (QED) is 0.644. The Balaban J connectivity index is 2.72. The van der Waals surface area contributed by atoms with E-state index in [1.807, 2.05) is 6.07 Å². The summed E-state index contributed by atoms with van der Waals surface area (Å²) in [5, 5.41) is 9.61. The van der Waals surface area contributed by atoms with Crippen LogP contribution in [0.25, 0.3) is 10.1 Å². The van der Waals surface area contributed by atoms with Gasteiger partial charge in [0.1, 0.15) is 0 Å². The fourth-order valence-electron chi connectivity index (χ4n) is 1.19. The lowest BCUT2D eigenvalue weighted by atomic mass is 10.2. The molecule has 2 nitrogen and oxygen atoms in total. The number of nitrogens with zero attached hydrogens (tertiary/aromatic N) is 1. The van der Waals surface area contributed by atoms with Crippen molar-refractivity contribution in [1.29, 1.82) is 5.26 Å². The summed E-state index contributed by atoms with van der Waals surface area (Å²) in [5.74, 6) is 0. The number of hydrogen-bond donors (Lipinski definition) is 0. The highest BCUT2D eigenvalue weighted by Gasteiger charge is 2.00. The van der Waals surface area contributed by atoms with E-state index in [0.29, 0.717) is 10.4 Å². The lowest BCUT2D eigenvalue weighted by Gasteiger charge is -1.87. The maximum Gasteiger partial charge on any atom is 0.160 e. The van der Waals surface area contributed by atoms with Gasteiger partial charge in [-0.3, -0.25) is 4.79 Å². The molecule has 0 aliphatic heterocycles. The first-order valence-electron chi connectivity index (χ1n) is 3.72. The molecule has 2 rings (SSSR count). The predicted octanol–water partition coefficient (Wildman–Crippen LogP) is 2.59. The summed E-state index contributed by atoms with van der Waals surface area (Å²) < 4.78 is 1.04. The number of carbonyl (C=O) groups is 1.